The molecule has 0 spiro atoms. The Morgan fingerprint density at radius 2 is 1.86 bits per heavy atom. The number of benzene rings is 2. The molecule has 0 saturated carbocycles. The molecule has 0 aromatic heterocycles. The van der Waals surface area contributed by atoms with E-state index in [0.717, 1.165) is 18.5 Å². The summed E-state index contributed by atoms with van der Waals surface area (Å²) >= 11 is 0. The standard InChI is InChI=1S/C22H27N3O4/c1-3-29-19-12-11-18(14-20(19)28-2)23-21(26)16-8-7-13-25(15-16)22(27)24-17-9-5-4-6-10-17/h4-6,9-12,14,16H,3,7-8,13,15H2,1-2H3,(H,23,26)(H,24,27)/t16-/m0/s1. The number of nitrogens with one attached hydrogen (secondary N) is 2. The van der Waals surface area contributed by atoms with Crippen LogP contribution < -0.4 is 20.1 Å². The summed E-state index contributed by atoms with van der Waals surface area (Å²) in [6.07, 6.45) is 1.53. The fraction of sp³-hybridized carbons (Fsp3) is 0.364. The zero-order valence-corrected chi connectivity index (χ0v) is 16.8. The van der Waals surface area contributed by atoms with Gasteiger partial charge in [0, 0.05) is 30.5 Å². The first-order chi connectivity index (χ1) is 14.1. The number of carbonyl (C=O) groups is 2. The van der Waals surface area contributed by atoms with Crippen LogP contribution in [0.4, 0.5) is 16.2 Å². The van der Waals surface area contributed by atoms with Gasteiger partial charge < -0.3 is 25.0 Å². The summed E-state index contributed by atoms with van der Waals surface area (Å²) < 4.78 is 10.8. The van der Waals surface area contributed by atoms with Crippen molar-refractivity contribution in [2.45, 2.75) is 19.8 Å². The van der Waals surface area contributed by atoms with E-state index < -0.39 is 0 Å². The maximum Gasteiger partial charge on any atom is 0.321 e. The van der Waals surface area contributed by atoms with Crippen LogP contribution in [0.15, 0.2) is 48.5 Å². The summed E-state index contributed by atoms with van der Waals surface area (Å²) in [6.45, 7) is 3.46. The van der Waals surface area contributed by atoms with Crippen molar-refractivity contribution in [1.82, 2.24) is 4.90 Å². The Bertz CT molecular complexity index is 841. The molecule has 1 saturated heterocycles. The predicted molar refractivity (Wildman–Crippen MR) is 113 cm³/mol. The summed E-state index contributed by atoms with van der Waals surface area (Å²) in [6, 6.07) is 14.4. The molecule has 0 radical (unpaired) electrons. The zero-order chi connectivity index (χ0) is 20.6. The minimum atomic E-state index is -0.261. The molecule has 1 heterocycles. The van der Waals surface area contributed by atoms with Crippen molar-refractivity contribution in [2.24, 2.45) is 5.92 Å². The van der Waals surface area contributed by atoms with E-state index in [9.17, 15) is 9.59 Å². The number of urea groups is 1. The van der Waals surface area contributed by atoms with E-state index in [4.69, 9.17) is 9.47 Å². The van der Waals surface area contributed by atoms with Gasteiger partial charge in [-0.15, -0.1) is 0 Å². The van der Waals surface area contributed by atoms with Crippen molar-refractivity contribution in [2.75, 3.05) is 37.4 Å². The average molecular weight is 397 g/mol. The molecular weight excluding hydrogens is 370 g/mol. The Balaban J connectivity index is 1.60. The van der Waals surface area contributed by atoms with Gasteiger partial charge in [0.05, 0.1) is 19.6 Å². The van der Waals surface area contributed by atoms with E-state index >= 15 is 0 Å². The van der Waals surface area contributed by atoms with Crippen LogP contribution in [-0.2, 0) is 4.79 Å². The molecule has 154 valence electrons. The lowest BCUT2D eigenvalue weighted by Gasteiger charge is -2.32. The van der Waals surface area contributed by atoms with Crippen LogP contribution >= 0.6 is 0 Å². The molecule has 2 aromatic rings. The van der Waals surface area contributed by atoms with Gasteiger partial charge in [-0.25, -0.2) is 4.79 Å². The minimum Gasteiger partial charge on any atom is -0.493 e. The Morgan fingerprint density at radius 1 is 1.07 bits per heavy atom. The Kier molecular flexibility index (Phi) is 6.94. The number of hydrogen-bond donors (Lipinski definition) is 2. The maximum absolute atomic E-state index is 12.8. The summed E-state index contributed by atoms with van der Waals surface area (Å²) in [5.41, 5.74) is 1.38. The van der Waals surface area contributed by atoms with Crippen molar-refractivity contribution >= 4 is 23.3 Å². The molecule has 29 heavy (non-hydrogen) atoms. The smallest absolute Gasteiger partial charge is 0.321 e. The molecule has 0 unspecified atom stereocenters. The molecule has 3 amide bonds. The van der Waals surface area contributed by atoms with Gasteiger partial charge in [-0.2, -0.15) is 0 Å². The van der Waals surface area contributed by atoms with Gasteiger partial charge >= 0.3 is 6.03 Å². The number of anilines is 2. The van der Waals surface area contributed by atoms with Crippen molar-refractivity contribution in [1.29, 1.82) is 0 Å². The van der Waals surface area contributed by atoms with Gasteiger partial charge in [-0.1, -0.05) is 18.2 Å². The van der Waals surface area contributed by atoms with Gasteiger partial charge in [0.2, 0.25) is 5.91 Å². The predicted octanol–water partition coefficient (Wildman–Crippen LogP) is 3.98. The zero-order valence-electron chi connectivity index (χ0n) is 16.8. The number of carbonyl (C=O) groups excluding carboxylic acids is 2. The minimum absolute atomic E-state index is 0.103. The molecule has 1 aliphatic rings. The highest BCUT2D eigenvalue weighted by atomic mass is 16.5. The number of methoxy groups -OCH3 is 1. The number of amides is 3. The van der Waals surface area contributed by atoms with Gasteiger partial charge in [-0.05, 0) is 44.0 Å². The average Bonchev–Trinajstić information content (AvgIpc) is 2.75. The second kappa shape index (κ2) is 9.82. The van der Waals surface area contributed by atoms with Gasteiger partial charge in [0.25, 0.3) is 0 Å². The molecule has 7 nitrogen and oxygen atoms in total. The summed E-state index contributed by atoms with van der Waals surface area (Å²) in [5.74, 6) is 0.836. The van der Waals surface area contributed by atoms with Crippen LogP contribution in [0.5, 0.6) is 11.5 Å². The molecule has 7 heteroatoms. The van der Waals surface area contributed by atoms with Crippen molar-refractivity contribution in [3.05, 3.63) is 48.5 Å². The summed E-state index contributed by atoms with van der Waals surface area (Å²) in [5, 5.41) is 5.81. The highest BCUT2D eigenvalue weighted by Gasteiger charge is 2.28. The first-order valence-corrected chi connectivity index (χ1v) is 9.83. The second-order valence-electron chi connectivity index (χ2n) is 6.87. The lowest BCUT2D eigenvalue weighted by Crippen LogP contribution is -2.45. The number of ether oxygens (including phenoxy) is 2. The largest absolute Gasteiger partial charge is 0.493 e. The fourth-order valence-corrected chi connectivity index (χ4v) is 3.36. The molecule has 1 aliphatic heterocycles. The lowest BCUT2D eigenvalue weighted by molar-refractivity contribution is -0.121. The van der Waals surface area contributed by atoms with E-state index in [0.29, 0.717) is 36.9 Å². The monoisotopic (exact) mass is 397 g/mol. The van der Waals surface area contributed by atoms with Crippen LogP contribution in [0.3, 0.4) is 0 Å². The topological polar surface area (TPSA) is 79.9 Å². The van der Waals surface area contributed by atoms with Crippen LogP contribution in [0.2, 0.25) is 0 Å². The first kappa shape index (κ1) is 20.5. The van der Waals surface area contributed by atoms with Gasteiger partial charge in [0.15, 0.2) is 11.5 Å². The van der Waals surface area contributed by atoms with Crippen molar-refractivity contribution in [3.63, 3.8) is 0 Å². The van der Waals surface area contributed by atoms with Crippen molar-refractivity contribution in [3.8, 4) is 11.5 Å². The Hall–Kier alpha value is -3.22. The van der Waals surface area contributed by atoms with E-state index in [2.05, 4.69) is 10.6 Å². The van der Waals surface area contributed by atoms with Crippen LogP contribution in [-0.4, -0.2) is 43.6 Å². The second-order valence-corrected chi connectivity index (χ2v) is 6.87. The third kappa shape index (κ3) is 5.40. The third-order valence-corrected chi connectivity index (χ3v) is 4.84. The van der Waals surface area contributed by atoms with Gasteiger partial charge in [0.1, 0.15) is 0 Å². The van der Waals surface area contributed by atoms with E-state index in [-0.39, 0.29) is 17.9 Å². The highest BCUT2D eigenvalue weighted by Crippen LogP contribution is 2.30. The van der Waals surface area contributed by atoms with Crippen LogP contribution in [0, 0.1) is 5.92 Å². The van der Waals surface area contributed by atoms with E-state index in [1.807, 2.05) is 37.3 Å². The van der Waals surface area contributed by atoms with E-state index in [1.54, 1.807) is 30.2 Å². The number of hydrogen-bond acceptors (Lipinski definition) is 4. The molecule has 0 bridgehead atoms. The Labute approximate surface area is 171 Å². The summed E-state index contributed by atoms with van der Waals surface area (Å²) in [7, 11) is 1.56. The molecule has 3 rings (SSSR count). The van der Waals surface area contributed by atoms with E-state index in [1.165, 1.54) is 0 Å². The maximum atomic E-state index is 12.8. The number of piperidine rings is 1. The number of para-hydroxylation sites is 1. The Morgan fingerprint density at radius 3 is 2.59 bits per heavy atom. The van der Waals surface area contributed by atoms with Gasteiger partial charge in [-0.3, -0.25) is 4.79 Å². The quantitative estimate of drug-likeness (QED) is 0.773. The molecule has 2 N–H and O–H groups in total. The number of nitrogens with zero attached hydrogens (tertiary/aromatic N) is 1. The number of rotatable bonds is 6. The van der Waals surface area contributed by atoms with Crippen LogP contribution in [0.1, 0.15) is 19.8 Å². The molecule has 2 aromatic carbocycles. The molecule has 0 aliphatic carbocycles. The lowest BCUT2D eigenvalue weighted by atomic mass is 9.97. The van der Waals surface area contributed by atoms with Crippen molar-refractivity contribution < 1.29 is 19.1 Å². The SMILES string of the molecule is CCOc1ccc(NC(=O)[C@H]2CCCN(C(=O)Nc3ccccc3)C2)cc1OC. The summed E-state index contributed by atoms with van der Waals surface area (Å²) in [4.78, 5) is 27.0. The molecular formula is C22H27N3O4. The molecule has 1 fully saturated rings. The number of likely N-dealkylation sites (tertiary alicyclic amines) is 1. The molecule has 1 atom stereocenters. The van der Waals surface area contributed by atoms with Crippen LogP contribution in [0.25, 0.3) is 0 Å². The normalized spacial score (nSPS) is 16.1. The first-order valence-electron chi connectivity index (χ1n) is 9.83. The third-order valence-electron chi connectivity index (χ3n) is 4.84. The highest BCUT2D eigenvalue weighted by molar-refractivity contribution is 5.94. The fourth-order valence-electron chi connectivity index (χ4n) is 3.36.